The largest absolute Gasteiger partial charge is 0.456 e. The van der Waals surface area contributed by atoms with Gasteiger partial charge in [-0.1, -0.05) is 48.0 Å². The van der Waals surface area contributed by atoms with Gasteiger partial charge in [0.25, 0.3) is 0 Å². The summed E-state index contributed by atoms with van der Waals surface area (Å²) in [6.07, 6.45) is 1.99. The Morgan fingerprint density at radius 3 is 2.56 bits per heavy atom. The van der Waals surface area contributed by atoms with Crippen molar-refractivity contribution in [1.29, 1.82) is 0 Å². The minimum absolute atomic E-state index is 0.0174. The van der Waals surface area contributed by atoms with Crippen LogP contribution in [-0.4, -0.2) is 30.7 Å². The van der Waals surface area contributed by atoms with E-state index in [-0.39, 0.29) is 17.7 Å². The molecule has 0 bridgehead atoms. The monoisotopic (exact) mass is 449 g/mol. The molecule has 0 atom stereocenters. The molecule has 0 radical (unpaired) electrons. The minimum atomic E-state index is -0.526. The molecule has 0 aliphatic rings. The Bertz CT molecular complexity index is 1240. The molecule has 0 spiro atoms. The highest BCUT2D eigenvalue weighted by atomic mass is 35.5. The van der Waals surface area contributed by atoms with Crippen molar-refractivity contribution in [3.05, 3.63) is 82.3 Å². The summed E-state index contributed by atoms with van der Waals surface area (Å²) in [4.78, 5) is 25.2. The van der Waals surface area contributed by atoms with E-state index >= 15 is 0 Å². The standard InChI is InChI=1S/C22H20ClN7O2/c1-30-20(21(31)32-12-14-7-8-18(24)26-11-14)15(9-13-5-3-2-4-6-13)19(29-30)16-10-17(23)28-22(25)27-16/h2-8,10-11H,9,12H2,1H3,(H2,24,26)(H2,25,27,28). The number of nitrogens with zero attached hydrogens (tertiary/aromatic N) is 5. The number of benzene rings is 1. The number of rotatable bonds is 6. The molecule has 162 valence electrons. The van der Waals surface area contributed by atoms with Crippen molar-refractivity contribution >= 4 is 29.3 Å². The average molecular weight is 450 g/mol. The Morgan fingerprint density at radius 1 is 1.09 bits per heavy atom. The van der Waals surface area contributed by atoms with Crippen molar-refractivity contribution in [3.8, 4) is 11.4 Å². The molecule has 0 unspecified atom stereocenters. The van der Waals surface area contributed by atoms with E-state index in [1.165, 1.54) is 4.68 Å². The van der Waals surface area contributed by atoms with Gasteiger partial charge in [0.05, 0.1) is 5.69 Å². The summed E-state index contributed by atoms with van der Waals surface area (Å²) in [7, 11) is 1.67. The Balaban J connectivity index is 1.72. The Hall–Kier alpha value is -3.98. The lowest BCUT2D eigenvalue weighted by Gasteiger charge is -2.09. The van der Waals surface area contributed by atoms with Crippen LogP contribution < -0.4 is 11.5 Å². The third-order valence-corrected chi connectivity index (χ3v) is 4.93. The van der Waals surface area contributed by atoms with Gasteiger partial charge >= 0.3 is 5.97 Å². The second kappa shape index (κ2) is 9.03. The lowest BCUT2D eigenvalue weighted by molar-refractivity contribution is 0.0458. The topological polar surface area (TPSA) is 135 Å². The van der Waals surface area contributed by atoms with Crippen molar-refractivity contribution in [1.82, 2.24) is 24.7 Å². The molecular weight excluding hydrogens is 430 g/mol. The molecule has 0 saturated carbocycles. The summed E-state index contributed by atoms with van der Waals surface area (Å²) in [5, 5.41) is 4.71. The molecule has 4 aromatic rings. The van der Waals surface area contributed by atoms with E-state index < -0.39 is 5.97 Å². The SMILES string of the molecule is Cn1nc(-c2cc(Cl)nc(N)n2)c(Cc2ccccc2)c1C(=O)OCc1ccc(N)nc1. The maximum atomic E-state index is 13.1. The molecule has 0 aliphatic carbocycles. The Morgan fingerprint density at radius 2 is 1.88 bits per heavy atom. The van der Waals surface area contributed by atoms with Gasteiger partial charge in [0.15, 0.2) is 0 Å². The third kappa shape index (κ3) is 4.68. The predicted octanol–water partition coefficient (Wildman–Crippen LogP) is 3.04. The van der Waals surface area contributed by atoms with Gasteiger partial charge in [-0.15, -0.1) is 0 Å². The molecule has 0 aliphatic heterocycles. The quantitative estimate of drug-likeness (QED) is 0.338. The molecule has 4 N–H and O–H groups in total. The number of hydrogen-bond donors (Lipinski definition) is 2. The Kier molecular flexibility index (Phi) is 6.00. The van der Waals surface area contributed by atoms with Gasteiger partial charge in [0.1, 0.15) is 29.0 Å². The molecule has 3 aromatic heterocycles. The summed E-state index contributed by atoms with van der Waals surface area (Å²) in [5.41, 5.74) is 15.0. The first-order valence-electron chi connectivity index (χ1n) is 9.68. The number of aromatic nitrogens is 5. The zero-order valence-electron chi connectivity index (χ0n) is 17.2. The molecule has 32 heavy (non-hydrogen) atoms. The van der Waals surface area contributed by atoms with E-state index in [4.69, 9.17) is 27.8 Å². The van der Waals surface area contributed by atoms with Gasteiger partial charge in [0, 0.05) is 36.9 Å². The molecule has 1 aromatic carbocycles. The van der Waals surface area contributed by atoms with Gasteiger partial charge in [-0.2, -0.15) is 5.10 Å². The van der Waals surface area contributed by atoms with Crippen LogP contribution in [0.2, 0.25) is 5.15 Å². The number of hydrogen-bond acceptors (Lipinski definition) is 8. The molecule has 4 rings (SSSR count). The van der Waals surface area contributed by atoms with Crippen LogP contribution in [0.15, 0.2) is 54.7 Å². The molecule has 0 fully saturated rings. The van der Waals surface area contributed by atoms with E-state index in [0.29, 0.717) is 34.9 Å². The van der Waals surface area contributed by atoms with Crippen LogP contribution >= 0.6 is 11.6 Å². The molecule has 0 amide bonds. The second-order valence-electron chi connectivity index (χ2n) is 7.06. The van der Waals surface area contributed by atoms with Gasteiger partial charge in [0.2, 0.25) is 5.95 Å². The predicted molar refractivity (Wildman–Crippen MR) is 121 cm³/mol. The number of aryl methyl sites for hydroxylation is 1. The zero-order chi connectivity index (χ0) is 22.7. The van der Waals surface area contributed by atoms with Crippen molar-refractivity contribution in [2.75, 3.05) is 11.5 Å². The summed E-state index contributed by atoms with van der Waals surface area (Å²) >= 11 is 6.08. The number of halogens is 1. The van der Waals surface area contributed by atoms with E-state index in [1.54, 1.807) is 31.4 Å². The normalized spacial score (nSPS) is 10.8. The number of carbonyl (C=O) groups excluding carboxylic acids is 1. The molecular formula is C22H20ClN7O2. The Labute approximate surface area is 189 Å². The van der Waals surface area contributed by atoms with E-state index in [1.807, 2.05) is 30.3 Å². The highest BCUT2D eigenvalue weighted by Crippen LogP contribution is 2.29. The number of nitrogens with two attached hydrogens (primary N) is 2. The summed E-state index contributed by atoms with van der Waals surface area (Å²) in [6.45, 7) is 0.0453. The van der Waals surface area contributed by atoms with E-state index in [9.17, 15) is 4.79 Å². The van der Waals surface area contributed by atoms with Crippen molar-refractivity contribution in [2.45, 2.75) is 13.0 Å². The molecule has 0 saturated heterocycles. The average Bonchev–Trinajstić information content (AvgIpc) is 3.09. The van der Waals surface area contributed by atoms with Crippen LogP contribution in [0, 0.1) is 0 Å². The number of ether oxygens (including phenoxy) is 1. The zero-order valence-corrected chi connectivity index (χ0v) is 18.0. The maximum absolute atomic E-state index is 13.1. The van der Waals surface area contributed by atoms with Crippen LogP contribution in [0.4, 0.5) is 11.8 Å². The molecule has 10 heteroatoms. The van der Waals surface area contributed by atoms with Gasteiger partial charge in [-0.25, -0.2) is 19.7 Å². The number of nitrogen functional groups attached to an aromatic ring is 2. The smallest absolute Gasteiger partial charge is 0.357 e. The molecule has 3 heterocycles. The van der Waals surface area contributed by atoms with Crippen LogP contribution in [0.25, 0.3) is 11.4 Å². The van der Waals surface area contributed by atoms with E-state index in [0.717, 1.165) is 11.1 Å². The maximum Gasteiger partial charge on any atom is 0.357 e. The van der Waals surface area contributed by atoms with Crippen LogP contribution in [0.1, 0.15) is 27.2 Å². The number of carbonyl (C=O) groups is 1. The van der Waals surface area contributed by atoms with Crippen LogP contribution in [0.5, 0.6) is 0 Å². The van der Waals surface area contributed by atoms with Crippen molar-refractivity contribution in [2.24, 2.45) is 7.05 Å². The number of anilines is 2. The van der Waals surface area contributed by atoms with Crippen LogP contribution in [0.3, 0.4) is 0 Å². The summed E-state index contributed by atoms with van der Waals surface area (Å²) in [6, 6.07) is 14.7. The minimum Gasteiger partial charge on any atom is -0.456 e. The molecule has 9 nitrogen and oxygen atoms in total. The summed E-state index contributed by atoms with van der Waals surface area (Å²) < 4.78 is 7.02. The van der Waals surface area contributed by atoms with Crippen molar-refractivity contribution < 1.29 is 9.53 Å². The fourth-order valence-electron chi connectivity index (χ4n) is 3.29. The van der Waals surface area contributed by atoms with Gasteiger partial charge in [-0.05, 0) is 11.6 Å². The lowest BCUT2D eigenvalue weighted by Crippen LogP contribution is -2.13. The van der Waals surface area contributed by atoms with Gasteiger partial charge < -0.3 is 16.2 Å². The fourth-order valence-corrected chi connectivity index (χ4v) is 3.48. The first-order valence-corrected chi connectivity index (χ1v) is 10.1. The highest BCUT2D eigenvalue weighted by molar-refractivity contribution is 6.29. The van der Waals surface area contributed by atoms with Crippen LogP contribution in [-0.2, 0) is 24.8 Å². The second-order valence-corrected chi connectivity index (χ2v) is 7.45. The number of pyridine rings is 1. The van der Waals surface area contributed by atoms with E-state index in [2.05, 4.69) is 20.1 Å². The van der Waals surface area contributed by atoms with Gasteiger partial charge in [-0.3, -0.25) is 4.68 Å². The number of esters is 1. The highest BCUT2D eigenvalue weighted by Gasteiger charge is 2.25. The fraction of sp³-hybridized carbons (Fsp3) is 0.136. The summed E-state index contributed by atoms with van der Waals surface area (Å²) in [5.74, 6) is -0.116. The first-order chi connectivity index (χ1) is 15.4. The van der Waals surface area contributed by atoms with Crippen molar-refractivity contribution in [3.63, 3.8) is 0 Å². The first kappa shape index (κ1) is 21.3. The lowest BCUT2D eigenvalue weighted by atomic mass is 10.0. The third-order valence-electron chi connectivity index (χ3n) is 4.73.